The molecule has 0 heterocycles. The van der Waals surface area contributed by atoms with Gasteiger partial charge in [-0.2, -0.15) is 0 Å². The smallest absolute Gasteiger partial charge is 0.0443 e. The van der Waals surface area contributed by atoms with Gasteiger partial charge in [0.25, 0.3) is 0 Å². The lowest BCUT2D eigenvalue weighted by Crippen LogP contribution is -1.99. The SMILES string of the molecule is CCC[C@@H](C)CCC[C@@H](C)CCCC(C)C. The first kappa shape index (κ1) is 16.0. The second-order valence-corrected chi connectivity index (χ2v) is 6.25. The van der Waals surface area contributed by atoms with Gasteiger partial charge >= 0.3 is 0 Å². The maximum Gasteiger partial charge on any atom is -0.0443 e. The van der Waals surface area contributed by atoms with Crippen LogP contribution >= 0.6 is 0 Å². The average Bonchev–Trinajstić information content (AvgIpc) is 2.17. The second kappa shape index (κ2) is 10.2. The van der Waals surface area contributed by atoms with E-state index in [1.807, 2.05) is 0 Å². The van der Waals surface area contributed by atoms with Gasteiger partial charge in [0.15, 0.2) is 0 Å². The van der Waals surface area contributed by atoms with Gasteiger partial charge in [0, 0.05) is 0 Å². The molecule has 0 unspecified atom stereocenters. The van der Waals surface area contributed by atoms with Gasteiger partial charge in [-0.3, -0.25) is 0 Å². The Morgan fingerprint density at radius 1 is 0.625 bits per heavy atom. The van der Waals surface area contributed by atoms with E-state index in [9.17, 15) is 0 Å². The Morgan fingerprint density at radius 2 is 1.06 bits per heavy atom. The van der Waals surface area contributed by atoms with E-state index in [1.165, 1.54) is 51.4 Å². The third-order valence-electron chi connectivity index (χ3n) is 3.65. The normalized spacial score (nSPS) is 15.4. The minimum absolute atomic E-state index is 0.886. The van der Waals surface area contributed by atoms with Crippen LogP contribution in [0.4, 0.5) is 0 Å². The van der Waals surface area contributed by atoms with Gasteiger partial charge in [0.1, 0.15) is 0 Å². The maximum atomic E-state index is 2.44. The van der Waals surface area contributed by atoms with Crippen LogP contribution in [0.1, 0.15) is 86.0 Å². The number of hydrogen-bond acceptors (Lipinski definition) is 0. The molecule has 0 aliphatic heterocycles. The molecule has 0 saturated heterocycles. The lowest BCUT2D eigenvalue weighted by Gasteiger charge is -2.14. The standard InChI is InChI=1S/C16H34/c1-6-9-15(4)12-8-13-16(5)11-7-10-14(2)3/h14-16H,6-13H2,1-5H3/t15-,16+/m1/s1. The van der Waals surface area contributed by atoms with Crippen LogP contribution in [-0.4, -0.2) is 0 Å². The predicted octanol–water partition coefficient (Wildman–Crippen LogP) is 6.06. The molecule has 98 valence electrons. The minimum Gasteiger partial charge on any atom is -0.0654 e. The summed E-state index contributed by atoms with van der Waals surface area (Å²) in [4.78, 5) is 0. The summed E-state index contributed by atoms with van der Waals surface area (Å²) >= 11 is 0. The van der Waals surface area contributed by atoms with Crippen molar-refractivity contribution in [2.45, 2.75) is 86.0 Å². The maximum absolute atomic E-state index is 2.44. The highest BCUT2D eigenvalue weighted by atomic mass is 14.1. The van der Waals surface area contributed by atoms with Crippen LogP contribution < -0.4 is 0 Å². The molecule has 0 heteroatoms. The quantitative estimate of drug-likeness (QED) is 0.425. The molecule has 0 aromatic heterocycles. The van der Waals surface area contributed by atoms with Gasteiger partial charge in [-0.05, 0) is 17.8 Å². The summed E-state index contributed by atoms with van der Waals surface area (Å²) in [5.41, 5.74) is 0. The third kappa shape index (κ3) is 10.5. The first-order valence-electron chi connectivity index (χ1n) is 7.56. The fourth-order valence-corrected chi connectivity index (χ4v) is 2.47. The Kier molecular flexibility index (Phi) is 10.2. The zero-order valence-electron chi connectivity index (χ0n) is 12.4. The highest BCUT2D eigenvalue weighted by Gasteiger charge is 2.05. The molecule has 0 aromatic rings. The summed E-state index contributed by atoms with van der Waals surface area (Å²) in [5, 5.41) is 0. The lowest BCUT2D eigenvalue weighted by atomic mass is 9.92. The van der Waals surface area contributed by atoms with Crippen LogP contribution in [0.15, 0.2) is 0 Å². The zero-order valence-corrected chi connectivity index (χ0v) is 12.4. The van der Waals surface area contributed by atoms with Crippen LogP contribution in [0, 0.1) is 17.8 Å². The first-order chi connectivity index (χ1) is 7.56. The molecule has 2 atom stereocenters. The van der Waals surface area contributed by atoms with Crippen molar-refractivity contribution in [1.29, 1.82) is 0 Å². The van der Waals surface area contributed by atoms with Crippen molar-refractivity contribution in [3.63, 3.8) is 0 Å². The lowest BCUT2D eigenvalue weighted by molar-refractivity contribution is 0.391. The van der Waals surface area contributed by atoms with Crippen LogP contribution in [0.2, 0.25) is 0 Å². The molecule has 0 bridgehead atoms. The van der Waals surface area contributed by atoms with Gasteiger partial charge in [-0.25, -0.2) is 0 Å². The van der Waals surface area contributed by atoms with Crippen molar-refractivity contribution in [1.82, 2.24) is 0 Å². The fraction of sp³-hybridized carbons (Fsp3) is 1.00. The van der Waals surface area contributed by atoms with Crippen molar-refractivity contribution < 1.29 is 0 Å². The van der Waals surface area contributed by atoms with Crippen LogP contribution in [0.25, 0.3) is 0 Å². The molecular weight excluding hydrogens is 192 g/mol. The molecule has 0 nitrogen and oxygen atoms in total. The molecule has 0 fully saturated rings. The monoisotopic (exact) mass is 226 g/mol. The van der Waals surface area contributed by atoms with Crippen molar-refractivity contribution in [3.8, 4) is 0 Å². The Bertz CT molecular complexity index is 137. The molecule has 0 saturated carbocycles. The zero-order chi connectivity index (χ0) is 12.4. The van der Waals surface area contributed by atoms with Crippen LogP contribution in [0.5, 0.6) is 0 Å². The molecule has 0 radical (unpaired) electrons. The molecule has 16 heavy (non-hydrogen) atoms. The number of rotatable bonds is 10. The van der Waals surface area contributed by atoms with E-state index < -0.39 is 0 Å². The molecular formula is C16H34. The molecule has 0 aliphatic rings. The van der Waals surface area contributed by atoms with Gasteiger partial charge in [0.2, 0.25) is 0 Å². The first-order valence-corrected chi connectivity index (χ1v) is 7.56. The van der Waals surface area contributed by atoms with Crippen molar-refractivity contribution in [2.24, 2.45) is 17.8 Å². The highest BCUT2D eigenvalue weighted by molar-refractivity contribution is 4.58. The van der Waals surface area contributed by atoms with E-state index in [0.717, 1.165) is 17.8 Å². The van der Waals surface area contributed by atoms with E-state index in [4.69, 9.17) is 0 Å². The molecule has 0 aromatic carbocycles. The Morgan fingerprint density at radius 3 is 1.50 bits per heavy atom. The summed E-state index contributed by atoms with van der Waals surface area (Å²) < 4.78 is 0. The van der Waals surface area contributed by atoms with Gasteiger partial charge in [-0.15, -0.1) is 0 Å². The Hall–Kier alpha value is 0. The minimum atomic E-state index is 0.886. The van der Waals surface area contributed by atoms with Gasteiger partial charge < -0.3 is 0 Å². The summed E-state index contributed by atoms with van der Waals surface area (Å²) in [6, 6.07) is 0. The van der Waals surface area contributed by atoms with Crippen LogP contribution in [-0.2, 0) is 0 Å². The van der Waals surface area contributed by atoms with E-state index in [-0.39, 0.29) is 0 Å². The predicted molar refractivity (Wildman–Crippen MR) is 75.8 cm³/mol. The Labute approximate surface area is 104 Å². The van der Waals surface area contributed by atoms with E-state index in [0.29, 0.717) is 0 Å². The van der Waals surface area contributed by atoms with E-state index in [2.05, 4.69) is 34.6 Å². The third-order valence-corrected chi connectivity index (χ3v) is 3.65. The van der Waals surface area contributed by atoms with Crippen LogP contribution in [0.3, 0.4) is 0 Å². The summed E-state index contributed by atoms with van der Waals surface area (Å²) in [6.07, 6.45) is 11.4. The number of hydrogen-bond donors (Lipinski definition) is 0. The Balaban J connectivity index is 3.32. The topological polar surface area (TPSA) is 0 Å². The molecule has 0 N–H and O–H groups in total. The van der Waals surface area contributed by atoms with E-state index >= 15 is 0 Å². The fourth-order valence-electron chi connectivity index (χ4n) is 2.47. The van der Waals surface area contributed by atoms with Crippen molar-refractivity contribution in [2.75, 3.05) is 0 Å². The molecule has 0 spiro atoms. The summed E-state index contributed by atoms with van der Waals surface area (Å²) in [7, 11) is 0. The molecule has 0 rings (SSSR count). The van der Waals surface area contributed by atoms with Crippen molar-refractivity contribution in [3.05, 3.63) is 0 Å². The van der Waals surface area contributed by atoms with Crippen molar-refractivity contribution >= 4 is 0 Å². The summed E-state index contributed by atoms with van der Waals surface area (Å²) in [5.74, 6) is 2.79. The molecule has 0 amide bonds. The second-order valence-electron chi connectivity index (χ2n) is 6.25. The largest absolute Gasteiger partial charge is 0.0654 e. The summed E-state index contributed by atoms with van der Waals surface area (Å²) in [6.45, 7) is 11.8. The van der Waals surface area contributed by atoms with Gasteiger partial charge in [-0.1, -0.05) is 86.0 Å². The average molecular weight is 226 g/mol. The van der Waals surface area contributed by atoms with Gasteiger partial charge in [0.05, 0.1) is 0 Å². The van der Waals surface area contributed by atoms with E-state index in [1.54, 1.807) is 0 Å². The highest BCUT2D eigenvalue weighted by Crippen LogP contribution is 2.20. The molecule has 0 aliphatic carbocycles.